The highest BCUT2D eigenvalue weighted by Gasteiger charge is 2.14. The van der Waals surface area contributed by atoms with E-state index in [2.05, 4.69) is 21.8 Å². The number of rotatable bonds is 4. The van der Waals surface area contributed by atoms with Gasteiger partial charge in [-0.1, -0.05) is 0 Å². The fourth-order valence-electron chi connectivity index (χ4n) is 1.87. The molecule has 0 bridgehead atoms. The van der Waals surface area contributed by atoms with Crippen molar-refractivity contribution in [2.45, 2.75) is 6.42 Å². The predicted molar refractivity (Wildman–Crippen MR) is 70.8 cm³/mol. The summed E-state index contributed by atoms with van der Waals surface area (Å²) in [5, 5.41) is 10.2. The number of hydrogen-bond donors (Lipinski definition) is 2. The minimum Gasteiger partial charge on any atom is -0.382 e. The van der Waals surface area contributed by atoms with E-state index >= 15 is 0 Å². The molecule has 1 aliphatic heterocycles. The number of hydrogen-bond acceptors (Lipinski definition) is 5. The number of nitrogens with two attached hydrogens (primary N) is 1. The number of likely N-dealkylation sites (N-methyl/N-ethyl adjacent to an activating group) is 1. The second-order valence-electron chi connectivity index (χ2n) is 4.44. The summed E-state index contributed by atoms with van der Waals surface area (Å²) in [4.78, 5) is 9.16. The maximum Gasteiger partial charge on any atom is 0.142 e. The summed E-state index contributed by atoms with van der Waals surface area (Å²) in [6, 6.07) is 0. The van der Waals surface area contributed by atoms with E-state index in [9.17, 15) is 0 Å². The van der Waals surface area contributed by atoms with Crippen molar-refractivity contribution in [1.29, 1.82) is 5.41 Å². The normalized spacial score (nSPS) is 18.4. The quantitative estimate of drug-likeness (QED) is 0.595. The van der Waals surface area contributed by atoms with Crippen molar-refractivity contribution in [3.05, 3.63) is 16.1 Å². The zero-order chi connectivity index (χ0) is 12.3. The Morgan fingerprint density at radius 3 is 2.76 bits per heavy atom. The smallest absolute Gasteiger partial charge is 0.142 e. The van der Waals surface area contributed by atoms with E-state index in [0.29, 0.717) is 5.69 Å². The Kier molecular flexibility index (Phi) is 4.09. The molecule has 0 unspecified atom stereocenters. The molecule has 17 heavy (non-hydrogen) atoms. The highest BCUT2D eigenvalue weighted by molar-refractivity contribution is 7.09. The first-order valence-electron chi connectivity index (χ1n) is 5.85. The number of nitrogens with one attached hydrogen (secondary N) is 1. The zero-order valence-corrected chi connectivity index (χ0v) is 11.0. The predicted octanol–water partition coefficient (Wildman–Crippen LogP) is 0.217. The number of nitrogens with zero attached hydrogens (tertiary/aromatic N) is 3. The number of amidine groups is 1. The molecule has 0 aliphatic carbocycles. The molecule has 1 aromatic heterocycles. The van der Waals surface area contributed by atoms with Crippen LogP contribution < -0.4 is 5.73 Å². The zero-order valence-electron chi connectivity index (χ0n) is 10.1. The lowest BCUT2D eigenvalue weighted by molar-refractivity contribution is 0.155. The van der Waals surface area contributed by atoms with Crippen molar-refractivity contribution in [2.24, 2.45) is 5.73 Å². The molecular formula is C11H19N5S. The summed E-state index contributed by atoms with van der Waals surface area (Å²) in [5.41, 5.74) is 6.01. The molecule has 3 N–H and O–H groups in total. The minimum absolute atomic E-state index is 0.0621. The molecule has 2 heterocycles. The number of aromatic nitrogens is 1. The van der Waals surface area contributed by atoms with Crippen LogP contribution in [0, 0.1) is 5.41 Å². The van der Waals surface area contributed by atoms with Gasteiger partial charge in [0.25, 0.3) is 0 Å². The Morgan fingerprint density at radius 2 is 2.18 bits per heavy atom. The molecule has 5 nitrogen and oxygen atoms in total. The highest BCUT2D eigenvalue weighted by Crippen LogP contribution is 2.11. The van der Waals surface area contributed by atoms with Crippen LogP contribution in [0.1, 0.15) is 10.7 Å². The average molecular weight is 253 g/mol. The van der Waals surface area contributed by atoms with Crippen LogP contribution >= 0.6 is 11.3 Å². The van der Waals surface area contributed by atoms with Gasteiger partial charge in [0.15, 0.2) is 0 Å². The van der Waals surface area contributed by atoms with Crippen LogP contribution in [0.25, 0.3) is 0 Å². The third-order valence-corrected chi connectivity index (χ3v) is 3.97. The van der Waals surface area contributed by atoms with E-state index in [4.69, 9.17) is 11.1 Å². The van der Waals surface area contributed by atoms with E-state index in [1.165, 1.54) is 0 Å². The minimum atomic E-state index is 0.0621. The van der Waals surface area contributed by atoms with E-state index in [1.807, 2.05) is 5.38 Å². The van der Waals surface area contributed by atoms with Crippen molar-refractivity contribution < 1.29 is 0 Å². The van der Waals surface area contributed by atoms with E-state index < -0.39 is 0 Å². The molecule has 0 radical (unpaired) electrons. The Labute approximate surface area is 106 Å². The third kappa shape index (κ3) is 3.49. The monoisotopic (exact) mass is 253 g/mol. The van der Waals surface area contributed by atoms with E-state index in [1.54, 1.807) is 11.3 Å². The average Bonchev–Trinajstić information content (AvgIpc) is 2.77. The van der Waals surface area contributed by atoms with Crippen LogP contribution in [-0.2, 0) is 6.42 Å². The standard InChI is InChI=1S/C11H19N5S/c1-15-4-6-16(7-5-15)3-2-10-14-9(8-17-10)11(12)13/h8H,2-7H2,1H3,(H3,12,13). The van der Waals surface area contributed by atoms with Gasteiger partial charge in [-0.15, -0.1) is 11.3 Å². The van der Waals surface area contributed by atoms with Gasteiger partial charge in [0, 0.05) is 44.5 Å². The summed E-state index contributed by atoms with van der Waals surface area (Å²) < 4.78 is 0. The van der Waals surface area contributed by atoms with Gasteiger partial charge in [0.2, 0.25) is 0 Å². The Hall–Kier alpha value is -0.980. The maximum atomic E-state index is 7.30. The number of piperazine rings is 1. The summed E-state index contributed by atoms with van der Waals surface area (Å²) >= 11 is 1.60. The van der Waals surface area contributed by atoms with Crippen molar-refractivity contribution in [3.63, 3.8) is 0 Å². The summed E-state index contributed by atoms with van der Waals surface area (Å²) in [6.45, 7) is 5.63. The van der Waals surface area contributed by atoms with Gasteiger partial charge in [0.1, 0.15) is 11.5 Å². The van der Waals surface area contributed by atoms with Gasteiger partial charge in [-0.3, -0.25) is 5.41 Å². The molecule has 0 saturated carbocycles. The lowest BCUT2D eigenvalue weighted by Crippen LogP contribution is -2.45. The lowest BCUT2D eigenvalue weighted by Gasteiger charge is -2.32. The molecule has 1 aliphatic rings. The van der Waals surface area contributed by atoms with Gasteiger partial charge in [-0.2, -0.15) is 0 Å². The third-order valence-electron chi connectivity index (χ3n) is 3.07. The van der Waals surface area contributed by atoms with Gasteiger partial charge >= 0.3 is 0 Å². The van der Waals surface area contributed by atoms with Gasteiger partial charge < -0.3 is 15.5 Å². The number of nitrogen functional groups attached to an aromatic ring is 1. The fourth-order valence-corrected chi connectivity index (χ4v) is 2.66. The van der Waals surface area contributed by atoms with Crippen molar-refractivity contribution in [2.75, 3.05) is 39.8 Å². The highest BCUT2D eigenvalue weighted by atomic mass is 32.1. The summed E-state index contributed by atoms with van der Waals surface area (Å²) in [7, 11) is 2.16. The molecule has 2 rings (SSSR count). The molecule has 6 heteroatoms. The largest absolute Gasteiger partial charge is 0.382 e. The van der Waals surface area contributed by atoms with Crippen LogP contribution in [0.3, 0.4) is 0 Å². The van der Waals surface area contributed by atoms with E-state index in [-0.39, 0.29) is 5.84 Å². The summed E-state index contributed by atoms with van der Waals surface area (Å²) in [6.07, 6.45) is 0.960. The maximum absolute atomic E-state index is 7.30. The van der Waals surface area contributed by atoms with Gasteiger partial charge in [-0.05, 0) is 7.05 Å². The second-order valence-corrected chi connectivity index (χ2v) is 5.38. The molecule has 94 valence electrons. The van der Waals surface area contributed by atoms with Crippen LogP contribution in [0.15, 0.2) is 5.38 Å². The second kappa shape index (κ2) is 5.57. The molecule has 0 aromatic carbocycles. The topological polar surface area (TPSA) is 69.2 Å². The first kappa shape index (κ1) is 12.5. The fraction of sp³-hybridized carbons (Fsp3) is 0.636. The number of thiazole rings is 1. The van der Waals surface area contributed by atoms with Crippen LogP contribution in [0.5, 0.6) is 0 Å². The Morgan fingerprint density at radius 1 is 1.47 bits per heavy atom. The lowest BCUT2D eigenvalue weighted by atomic mass is 10.3. The molecule has 1 fully saturated rings. The molecule has 0 atom stereocenters. The van der Waals surface area contributed by atoms with Crippen LogP contribution in [0.2, 0.25) is 0 Å². The Balaban J connectivity index is 1.79. The molecular weight excluding hydrogens is 234 g/mol. The molecule has 1 saturated heterocycles. The SMILES string of the molecule is CN1CCN(CCc2nc(C(=N)N)cs2)CC1. The molecule has 1 aromatic rings. The molecule has 0 spiro atoms. The van der Waals surface area contributed by atoms with Crippen molar-refractivity contribution in [1.82, 2.24) is 14.8 Å². The van der Waals surface area contributed by atoms with Crippen molar-refractivity contribution >= 4 is 17.2 Å². The first-order chi connectivity index (χ1) is 8.15. The van der Waals surface area contributed by atoms with E-state index in [0.717, 1.165) is 44.2 Å². The first-order valence-corrected chi connectivity index (χ1v) is 6.73. The molecule has 0 amide bonds. The van der Waals surface area contributed by atoms with Gasteiger partial charge in [0.05, 0.1) is 5.01 Å². The van der Waals surface area contributed by atoms with Crippen molar-refractivity contribution in [3.8, 4) is 0 Å². The van der Waals surface area contributed by atoms with Crippen LogP contribution in [0.4, 0.5) is 0 Å². The van der Waals surface area contributed by atoms with Crippen LogP contribution in [-0.4, -0.2) is 60.4 Å². The van der Waals surface area contributed by atoms with Gasteiger partial charge in [-0.25, -0.2) is 4.98 Å². The Bertz CT molecular complexity index is 381. The summed E-state index contributed by atoms with van der Waals surface area (Å²) in [5.74, 6) is 0.0621.